The number of nitrogens with zero attached hydrogens (tertiary/aromatic N) is 6. The molecule has 0 radical (unpaired) electrons. The lowest BCUT2D eigenvalue weighted by molar-refractivity contribution is -0.134. The van der Waals surface area contributed by atoms with Crippen molar-refractivity contribution in [1.29, 1.82) is 0 Å². The summed E-state index contributed by atoms with van der Waals surface area (Å²) in [6, 6.07) is 9.07. The Hall–Kier alpha value is -2.55. The molecule has 9 heteroatoms. The summed E-state index contributed by atoms with van der Waals surface area (Å²) < 4.78 is 1.48. The lowest BCUT2D eigenvalue weighted by Gasteiger charge is -2.39. The number of piperidine rings is 1. The Balaban J connectivity index is 1.11. The fourth-order valence-corrected chi connectivity index (χ4v) is 5.49. The van der Waals surface area contributed by atoms with Crippen LogP contribution in [0.15, 0.2) is 30.6 Å². The van der Waals surface area contributed by atoms with Crippen molar-refractivity contribution in [3.05, 3.63) is 41.7 Å². The molecule has 5 rings (SSSR count). The highest BCUT2D eigenvalue weighted by Crippen LogP contribution is 2.40. The second kappa shape index (κ2) is 7.94. The predicted octanol–water partition coefficient (Wildman–Crippen LogP) is 1.03. The van der Waals surface area contributed by atoms with Crippen LogP contribution in [-0.2, 0) is 24.2 Å². The molecule has 30 heavy (non-hydrogen) atoms. The van der Waals surface area contributed by atoms with Gasteiger partial charge in [0.2, 0.25) is 5.91 Å². The van der Waals surface area contributed by atoms with Crippen LogP contribution in [0, 0.1) is 5.41 Å². The van der Waals surface area contributed by atoms with Crippen LogP contribution in [-0.4, -0.2) is 73.2 Å². The summed E-state index contributed by atoms with van der Waals surface area (Å²) >= 11 is 5.77. The molecule has 3 heterocycles. The average Bonchev–Trinajstić information content (AvgIpc) is 3.48. The van der Waals surface area contributed by atoms with Crippen LogP contribution in [0.3, 0.4) is 0 Å². The molecule has 2 fully saturated rings. The molecule has 0 bridgehead atoms. The quantitative estimate of drug-likeness (QED) is 0.736. The molecule has 1 aromatic carbocycles. The molecular formula is C21H27N7OS. The SMILES string of the molecule is O=C(Cn1cnnn1)N1CCC2(CC1)CCN(C(=S)NC1Cc3ccccc3C1)C2. The van der Waals surface area contributed by atoms with Crippen molar-refractivity contribution >= 4 is 23.2 Å². The number of carbonyl (C=O) groups is 1. The van der Waals surface area contributed by atoms with Gasteiger partial charge in [0.05, 0.1) is 0 Å². The normalized spacial score (nSPS) is 20.5. The number of rotatable bonds is 3. The molecule has 1 aromatic heterocycles. The van der Waals surface area contributed by atoms with Crippen molar-refractivity contribution in [2.75, 3.05) is 26.2 Å². The van der Waals surface area contributed by atoms with Crippen LogP contribution >= 0.6 is 12.2 Å². The molecule has 2 saturated heterocycles. The van der Waals surface area contributed by atoms with Gasteiger partial charge < -0.3 is 15.1 Å². The Morgan fingerprint density at radius 3 is 2.40 bits per heavy atom. The highest BCUT2D eigenvalue weighted by atomic mass is 32.1. The highest BCUT2D eigenvalue weighted by molar-refractivity contribution is 7.80. The molecule has 158 valence electrons. The zero-order valence-corrected chi connectivity index (χ0v) is 17.9. The lowest BCUT2D eigenvalue weighted by Crippen LogP contribution is -2.47. The lowest BCUT2D eigenvalue weighted by atomic mass is 9.78. The van der Waals surface area contributed by atoms with E-state index >= 15 is 0 Å². The van der Waals surface area contributed by atoms with E-state index < -0.39 is 0 Å². The minimum atomic E-state index is 0.0880. The zero-order chi connectivity index (χ0) is 20.6. The molecular weight excluding hydrogens is 398 g/mol. The number of nitrogens with one attached hydrogen (secondary N) is 1. The monoisotopic (exact) mass is 425 g/mol. The summed E-state index contributed by atoms with van der Waals surface area (Å²) in [5.41, 5.74) is 3.15. The van der Waals surface area contributed by atoms with Gasteiger partial charge in [-0.2, -0.15) is 0 Å². The van der Waals surface area contributed by atoms with E-state index in [-0.39, 0.29) is 17.9 Å². The van der Waals surface area contributed by atoms with E-state index in [4.69, 9.17) is 12.2 Å². The Kier molecular flexibility index (Phi) is 5.14. The first kappa shape index (κ1) is 19.4. The Labute approximate surface area is 181 Å². The largest absolute Gasteiger partial charge is 0.359 e. The van der Waals surface area contributed by atoms with Gasteiger partial charge >= 0.3 is 0 Å². The third kappa shape index (κ3) is 3.90. The summed E-state index contributed by atoms with van der Waals surface area (Å²) in [4.78, 5) is 16.8. The van der Waals surface area contributed by atoms with E-state index in [0.717, 1.165) is 63.4 Å². The molecule has 1 N–H and O–H groups in total. The minimum absolute atomic E-state index is 0.0880. The maximum atomic E-state index is 12.5. The average molecular weight is 426 g/mol. The number of amides is 1. The van der Waals surface area contributed by atoms with Crippen molar-refractivity contribution in [2.24, 2.45) is 5.41 Å². The van der Waals surface area contributed by atoms with Gasteiger partial charge in [-0.25, -0.2) is 4.68 Å². The van der Waals surface area contributed by atoms with E-state index in [2.05, 4.69) is 50.0 Å². The summed E-state index contributed by atoms with van der Waals surface area (Å²) in [5, 5.41) is 15.5. The van der Waals surface area contributed by atoms with E-state index in [1.165, 1.54) is 22.1 Å². The predicted molar refractivity (Wildman–Crippen MR) is 116 cm³/mol. The van der Waals surface area contributed by atoms with Crippen molar-refractivity contribution < 1.29 is 4.79 Å². The van der Waals surface area contributed by atoms with Crippen molar-refractivity contribution in [3.8, 4) is 0 Å². The molecule has 0 atom stereocenters. The van der Waals surface area contributed by atoms with Gasteiger partial charge in [-0.3, -0.25) is 4.79 Å². The molecule has 0 saturated carbocycles. The van der Waals surface area contributed by atoms with Gasteiger partial charge in [0, 0.05) is 32.2 Å². The van der Waals surface area contributed by atoms with Crippen molar-refractivity contribution in [3.63, 3.8) is 0 Å². The van der Waals surface area contributed by atoms with Crippen LogP contribution in [0.4, 0.5) is 0 Å². The number of carbonyl (C=O) groups excluding carboxylic acids is 1. The molecule has 2 aromatic rings. The van der Waals surface area contributed by atoms with Gasteiger partial charge in [0.15, 0.2) is 5.11 Å². The van der Waals surface area contributed by atoms with E-state index in [1.807, 2.05) is 4.90 Å². The minimum Gasteiger partial charge on any atom is -0.359 e. The molecule has 1 spiro atoms. The fraction of sp³-hybridized carbons (Fsp3) is 0.571. The second-order valence-corrected chi connectivity index (χ2v) is 9.27. The second-order valence-electron chi connectivity index (χ2n) is 8.88. The first-order valence-electron chi connectivity index (χ1n) is 10.7. The maximum Gasteiger partial charge on any atom is 0.244 e. The molecule has 1 aliphatic carbocycles. The molecule has 3 aliphatic rings. The van der Waals surface area contributed by atoms with E-state index in [0.29, 0.717) is 6.04 Å². The first-order valence-corrected chi connectivity index (χ1v) is 11.1. The van der Waals surface area contributed by atoms with Crippen LogP contribution < -0.4 is 5.32 Å². The number of fused-ring (bicyclic) bond motifs is 1. The Morgan fingerprint density at radius 1 is 1.10 bits per heavy atom. The molecule has 2 aliphatic heterocycles. The number of likely N-dealkylation sites (tertiary alicyclic amines) is 2. The zero-order valence-electron chi connectivity index (χ0n) is 17.0. The number of thiocarbonyl (C=S) groups is 1. The highest BCUT2D eigenvalue weighted by Gasteiger charge is 2.42. The van der Waals surface area contributed by atoms with Gasteiger partial charge in [-0.15, -0.1) is 5.10 Å². The number of aromatic nitrogens is 4. The van der Waals surface area contributed by atoms with Crippen LogP contribution in [0.2, 0.25) is 0 Å². The first-order chi connectivity index (χ1) is 14.6. The smallest absolute Gasteiger partial charge is 0.244 e. The number of hydrogen-bond donors (Lipinski definition) is 1. The molecule has 0 unspecified atom stereocenters. The van der Waals surface area contributed by atoms with Gasteiger partial charge in [0.25, 0.3) is 0 Å². The van der Waals surface area contributed by atoms with Crippen molar-refractivity contribution in [2.45, 2.75) is 44.7 Å². The summed E-state index contributed by atoms with van der Waals surface area (Å²) in [7, 11) is 0. The van der Waals surface area contributed by atoms with Crippen molar-refractivity contribution in [1.82, 2.24) is 35.3 Å². The number of hydrogen-bond acceptors (Lipinski definition) is 5. The summed E-state index contributed by atoms with van der Waals surface area (Å²) in [6.45, 7) is 3.81. The Bertz CT molecular complexity index is 898. The Morgan fingerprint density at radius 2 is 1.77 bits per heavy atom. The summed E-state index contributed by atoms with van der Waals surface area (Å²) in [6.07, 6.45) is 6.79. The van der Waals surface area contributed by atoms with E-state index in [9.17, 15) is 4.79 Å². The molecule has 8 nitrogen and oxygen atoms in total. The van der Waals surface area contributed by atoms with Gasteiger partial charge in [-0.05, 0) is 71.3 Å². The van der Waals surface area contributed by atoms with Crippen LogP contribution in [0.5, 0.6) is 0 Å². The summed E-state index contributed by atoms with van der Waals surface area (Å²) in [5.74, 6) is 0.0880. The van der Waals surface area contributed by atoms with E-state index in [1.54, 1.807) is 0 Å². The van der Waals surface area contributed by atoms with Gasteiger partial charge in [-0.1, -0.05) is 24.3 Å². The van der Waals surface area contributed by atoms with Crippen LogP contribution in [0.1, 0.15) is 30.4 Å². The third-order valence-corrected chi connectivity index (χ3v) is 7.35. The third-order valence-electron chi connectivity index (χ3n) is 6.97. The van der Waals surface area contributed by atoms with Gasteiger partial charge in [0.1, 0.15) is 12.9 Å². The van der Waals surface area contributed by atoms with Crippen LogP contribution in [0.25, 0.3) is 0 Å². The topological polar surface area (TPSA) is 79.2 Å². The number of tetrazole rings is 1. The fourth-order valence-electron chi connectivity index (χ4n) is 5.17. The molecule has 1 amide bonds. The maximum absolute atomic E-state index is 12.5. The number of benzene rings is 1. The standard InChI is InChI=1S/C21H27N7OS/c29-19(13-28-15-22-24-25-28)26-8-5-21(6-9-26)7-10-27(14-21)20(30)23-18-11-16-3-1-2-4-17(16)12-18/h1-4,15,18H,5-14H2,(H,23,30).